The number of hydrogen-bond donors (Lipinski definition) is 1. The summed E-state index contributed by atoms with van der Waals surface area (Å²) >= 11 is 3.13. The number of carbonyl (C=O) groups excluding carboxylic acids is 1. The number of amides is 1. The number of anilines is 1. The van der Waals surface area contributed by atoms with Crippen molar-refractivity contribution in [2.24, 2.45) is 0 Å². The summed E-state index contributed by atoms with van der Waals surface area (Å²) in [5.41, 5.74) is 1.88. The molecule has 0 aliphatic rings. The van der Waals surface area contributed by atoms with Gasteiger partial charge in [-0.1, -0.05) is 6.92 Å². The summed E-state index contributed by atoms with van der Waals surface area (Å²) in [6.07, 6.45) is 0.385. The Hall–Kier alpha value is -0.900. The third kappa shape index (κ3) is 2.56. The van der Waals surface area contributed by atoms with E-state index < -0.39 is 0 Å². The molecule has 1 amide bonds. The van der Waals surface area contributed by atoms with Gasteiger partial charge in [-0.15, -0.1) is 0 Å². The van der Waals surface area contributed by atoms with E-state index in [1.54, 1.807) is 19.9 Å². The van der Waals surface area contributed by atoms with Gasteiger partial charge in [-0.2, -0.15) is 0 Å². The second-order valence-corrected chi connectivity index (χ2v) is 4.25. The molecule has 15 heavy (non-hydrogen) atoms. The van der Waals surface area contributed by atoms with Crippen LogP contribution < -0.4 is 5.32 Å². The lowest BCUT2D eigenvalue weighted by atomic mass is 10.1. The Kier molecular flexibility index (Phi) is 3.85. The average molecular weight is 274 g/mol. The van der Waals surface area contributed by atoms with Crippen molar-refractivity contribution in [3.05, 3.63) is 27.5 Å². The van der Waals surface area contributed by atoms with E-state index in [4.69, 9.17) is 0 Å². The number of nitrogens with one attached hydrogen (secondary N) is 1. The fourth-order valence-corrected chi connectivity index (χ4v) is 1.97. The van der Waals surface area contributed by atoms with Crippen molar-refractivity contribution in [3.8, 4) is 0 Å². The summed E-state index contributed by atoms with van der Waals surface area (Å²) in [6, 6.07) is 1.66. The minimum Gasteiger partial charge on any atom is -0.326 e. The molecule has 4 heteroatoms. The van der Waals surface area contributed by atoms with Crippen molar-refractivity contribution in [1.29, 1.82) is 0 Å². The SMILES string of the molecule is CCC(=O)Nc1c(C)cc(Br)c(F)c1C. The smallest absolute Gasteiger partial charge is 0.224 e. The van der Waals surface area contributed by atoms with Gasteiger partial charge in [0, 0.05) is 17.7 Å². The van der Waals surface area contributed by atoms with Crippen LogP contribution in [0.5, 0.6) is 0 Å². The van der Waals surface area contributed by atoms with Gasteiger partial charge in [0.15, 0.2) is 0 Å². The molecule has 0 unspecified atom stereocenters. The van der Waals surface area contributed by atoms with E-state index >= 15 is 0 Å². The van der Waals surface area contributed by atoms with Gasteiger partial charge >= 0.3 is 0 Å². The summed E-state index contributed by atoms with van der Waals surface area (Å²) in [4.78, 5) is 11.2. The first-order chi connectivity index (χ1) is 6.97. The second kappa shape index (κ2) is 4.75. The summed E-state index contributed by atoms with van der Waals surface area (Å²) in [5, 5.41) is 2.70. The maximum atomic E-state index is 13.5. The topological polar surface area (TPSA) is 29.1 Å². The molecule has 82 valence electrons. The number of aryl methyl sites for hydroxylation is 1. The van der Waals surface area contributed by atoms with Gasteiger partial charge in [-0.05, 0) is 41.4 Å². The molecule has 0 aromatic heterocycles. The third-order valence-electron chi connectivity index (χ3n) is 2.24. The van der Waals surface area contributed by atoms with Gasteiger partial charge < -0.3 is 5.32 Å². The molecule has 0 saturated carbocycles. The fraction of sp³-hybridized carbons (Fsp3) is 0.364. The van der Waals surface area contributed by atoms with Crippen molar-refractivity contribution in [2.45, 2.75) is 27.2 Å². The maximum Gasteiger partial charge on any atom is 0.224 e. The van der Waals surface area contributed by atoms with E-state index in [-0.39, 0.29) is 11.7 Å². The molecular formula is C11H13BrFNO. The minimum absolute atomic E-state index is 0.108. The van der Waals surface area contributed by atoms with E-state index in [0.29, 0.717) is 22.1 Å². The van der Waals surface area contributed by atoms with Crippen LogP contribution in [0.2, 0.25) is 0 Å². The van der Waals surface area contributed by atoms with Crippen LogP contribution in [0.4, 0.5) is 10.1 Å². The highest BCUT2D eigenvalue weighted by molar-refractivity contribution is 9.10. The van der Waals surface area contributed by atoms with Crippen molar-refractivity contribution in [2.75, 3.05) is 5.32 Å². The lowest BCUT2D eigenvalue weighted by molar-refractivity contribution is -0.115. The number of carbonyl (C=O) groups is 1. The molecule has 1 N–H and O–H groups in total. The molecule has 0 aliphatic carbocycles. The van der Waals surface area contributed by atoms with E-state index in [0.717, 1.165) is 5.56 Å². The third-order valence-corrected chi connectivity index (χ3v) is 2.81. The second-order valence-electron chi connectivity index (χ2n) is 3.39. The highest BCUT2D eigenvalue weighted by Crippen LogP contribution is 2.29. The largest absolute Gasteiger partial charge is 0.326 e. The van der Waals surface area contributed by atoms with E-state index in [2.05, 4.69) is 21.2 Å². The molecule has 0 fully saturated rings. The number of hydrogen-bond acceptors (Lipinski definition) is 1. The van der Waals surface area contributed by atoms with Gasteiger partial charge in [0.05, 0.1) is 4.47 Å². The Morgan fingerprint density at radius 3 is 2.67 bits per heavy atom. The standard InChI is InChI=1S/C11H13BrFNO/c1-4-9(15)14-11-6(2)5-8(12)10(13)7(11)3/h5H,4H2,1-3H3,(H,14,15). The van der Waals surface area contributed by atoms with Crippen molar-refractivity contribution < 1.29 is 9.18 Å². The molecule has 0 atom stereocenters. The Balaban J connectivity index is 3.18. The molecule has 1 aromatic rings. The molecule has 1 rings (SSSR count). The Bertz CT molecular complexity index is 404. The zero-order valence-corrected chi connectivity index (χ0v) is 10.5. The van der Waals surface area contributed by atoms with Gasteiger partial charge in [0.25, 0.3) is 0 Å². The Morgan fingerprint density at radius 2 is 2.13 bits per heavy atom. The Labute approximate surface area is 97.0 Å². The van der Waals surface area contributed by atoms with Crippen molar-refractivity contribution in [1.82, 2.24) is 0 Å². The molecule has 0 saturated heterocycles. The molecule has 2 nitrogen and oxygen atoms in total. The van der Waals surface area contributed by atoms with Crippen LogP contribution in [0.15, 0.2) is 10.5 Å². The normalized spacial score (nSPS) is 10.2. The van der Waals surface area contributed by atoms with Crippen molar-refractivity contribution >= 4 is 27.5 Å². The number of halogens is 2. The zero-order valence-electron chi connectivity index (χ0n) is 8.95. The predicted octanol–water partition coefficient (Wildman–Crippen LogP) is 3.55. The first kappa shape index (κ1) is 12.2. The van der Waals surface area contributed by atoms with E-state index in [9.17, 15) is 9.18 Å². The first-order valence-corrected chi connectivity index (χ1v) is 5.51. The van der Waals surface area contributed by atoms with Gasteiger partial charge in [0.1, 0.15) is 5.82 Å². The van der Waals surface area contributed by atoms with Crippen molar-refractivity contribution in [3.63, 3.8) is 0 Å². The molecule has 1 aromatic carbocycles. The number of rotatable bonds is 2. The maximum absolute atomic E-state index is 13.5. The van der Waals surface area contributed by atoms with Crippen LogP contribution in [-0.2, 0) is 4.79 Å². The van der Waals surface area contributed by atoms with Crippen LogP contribution in [0.3, 0.4) is 0 Å². The first-order valence-electron chi connectivity index (χ1n) is 4.72. The quantitative estimate of drug-likeness (QED) is 0.877. The summed E-state index contributed by atoms with van der Waals surface area (Å²) in [7, 11) is 0. The highest BCUT2D eigenvalue weighted by Gasteiger charge is 2.12. The van der Waals surface area contributed by atoms with Gasteiger partial charge in [0.2, 0.25) is 5.91 Å². The molecule has 0 spiro atoms. The molecule has 0 aliphatic heterocycles. The van der Waals surface area contributed by atoms with E-state index in [1.807, 2.05) is 6.92 Å². The average Bonchev–Trinajstić information content (AvgIpc) is 2.21. The molecule has 0 radical (unpaired) electrons. The fourth-order valence-electron chi connectivity index (χ4n) is 1.33. The predicted molar refractivity (Wildman–Crippen MR) is 62.5 cm³/mol. The monoisotopic (exact) mass is 273 g/mol. The van der Waals surface area contributed by atoms with Crippen LogP contribution in [-0.4, -0.2) is 5.91 Å². The van der Waals surface area contributed by atoms with Crippen LogP contribution in [0.1, 0.15) is 24.5 Å². The molecule has 0 heterocycles. The summed E-state index contributed by atoms with van der Waals surface area (Å²) in [6.45, 7) is 5.25. The summed E-state index contributed by atoms with van der Waals surface area (Å²) in [5.74, 6) is -0.435. The van der Waals surface area contributed by atoms with Crippen LogP contribution in [0, 0.1) is 19.7 Å². The van der Waals surface area contributed by atoms with Crippen LogP contribution in [0.25, 0.3) is 0 Å². The zero-order chi connectivity index (χ0) is 11.6. The Morgan fingerprint density at radius 1 is 1.53 bits per heavy atom. The van der Waals surface area contributed by atoms with Crippen LogP contribution >= 0.6 is 15.9 Å². The van der Waals surface area contributed by atoms with Gasteiger partial charge in [-0.3, -0.25) is 4.79 Å². The lowest BCUT2D eigenvalue weighted by Gasteiger charge is -2.12. The molecular weight excluding hydrogens is 261 g/mol. The highest BCUT2D eigenvalue weighted by atomic mass is 79.9. The number of benzene rings is 1. The molecule has 0 bridgehead atoms. The lowest BCUT2D eigenvalue weighted by Crippen LogP contribution is -2.12. The minimum atomic E-state index is -0.327. The summed E-state index contributed by atoms with van der Waals surface area (Å²) < 4.78 is 14.0. The van der Waals surface area contributed by atoms with E-state index in [1.165, 1.54) is 0 Å². The van der Waals surface area contributed by atoms with Gasteiger partial charge in [-0.25, -0.2) is 4.39 Å².